The molecule has 0 aliphatic heterocycles. The number of nitrogens with zero attached hydrogens (tertiary/aromatic N) is 3. The molecule has 3 aromatic rings. The molecular formula is C18H14BrF3N4O. The Morgan fingerprint density at radius 3 is 2.44 bits per heavy atom. The number of amides is 1. The Labute approximate surface area is 161 Å². The molecule has 0 aliphatic carbocycles. The van der Waals surface area contributed by atoms with E-state index in [9.17, 15) is 18.0 Å². The van der Waals surface area contributed by atoms with Crippen molar-refractivity contribution < 1.29 is 18.0 Å². The molecule has 27 heavy (non-hydrogen) atoms. The maximum atomic E-state index is 12.7. The molecule has 0 unspecified atom stereocenters. The minimum atomic E-state index is -4.43. The molecule has 1 amide bonds. The Morgan fingerprint density at radius 2 is 1.89 bits per heavy atom. The van der Waals surface area contributed by atoms with Crippen molar-refractivity contribution in [3.63, 3.8) is 0 Å². The van der Waals surface area contributed by atoms with E-state index in [-0.39, 0.29) is 5.69 Å². The second kappa shape index (κ2) is 7.43. The number of aromatic nitrogens is 2. The highest BCUT2D eigenvalue weighted by Crippen LogP contribution is 2.31. The van der Waals surface area contributed by atoms with Gasteiger partial charge in [-0.1, -0.05) is 12.1 Å². The number of rotatable bonds is 5. The predicted octanol–water partition coefficient (Wildman–Crippen LogP) is 4.86. The molecule has 0 saturated heterocycles. The summed E-state index contributed by atoms with van der Waals surface area (Å²) in [5, 5.41) is 5.27. The third-order valence-electron chi connectivity index (χ3n) is 3.86. The quantitative estimate of drug-likeness (QED) is 0.457. The Bertz CT molecular complexity index is 934. The maximum absolute atomic E-state index is 12.7. The van der Waals surface area contributed by atoms with Crippen LogP contribution in [0.3, 0.4) is 0 Å². The lowest BCUT2D eigenvalue weighted by molar-refractivity contribution is -0.137. The highest BCUT2D eigenvalue weighted by molar-refractivity contribution is 9.10. The smallest absolute Gasteiger partial charge is 0.292 e. The predicted molar refractivity (Wildman–Crippen MR) is 100.0 cm³/mol. The molecule has 140 valence electrons. The van der Waals surface area contributed by atoms with Gasteiger partial charge in [-0.3, -0.25) is 14.9 Å². The summed E-state index contributed by atoms with van der Waals surface area (Å²) in [6.45, 7) is 0. The van der Waals surface area contributed by atoms with E-state index in [0.29, 0.717) is 12.1 Å². The van der Waals surface area contributed by atoms with Crippen LogP contribution in [-0.2, 0) is 18.0 Å². The van der Waals surface area contributed by atoms with Crippen LogP contribution in [-0.4, -0.2) is 16.2 Å². The molecular weight excluding hydrogens is 425 g/mol. The van der Waals surface area contributed by atoms with E-state index in [0.717, 1.165) is 32.9 Å². The first-order valence-electron chi connectivity index (χ1n) is 7.76. The van der Waals surface area contributed by atoms with E-state index in [4.69, 9.17) is 0 Å². The number of benzene rings is 2. The Kier molecular flexibility index (Phi) is 5.22. The summed E-state index contributed by atoms with van der Waals surface area (Å²) in [4.78, 5) is 11.4. The molecule has 0 fully saturated rings. The van der Waals surface area contributed by atoms with E-state index in [1.807, 2.05) is 12.1 Å². The molecule has 0 saturated carbocycles. The first-order valence-corrected chi connectivity index (χ1v) is 8.55. The average molecular weight is 439 g/mol. The number of hydrogen-bond acceptors (Lipinski definition) is 3. The zero-order valence-corrected chi connectivity index (χ0v) is 15.6. The van der Waals surface area contributed by atoms with Crippen molar-refractivity contribution in [2.24, 2.45) is 7.05 Å². The SMILES string of the molecule is Cn1ncc(Br)c1-c1cccc(NN(C=O)c2ccc(C(F)(F)F)cc2)c1. The van der Waals surface area contributed by atoms with E-state index >= 15 is 0 Å². The number of aryl methyl sites for hydroxylation is 1. The number of carbonyl (C=O) groups excluding carboxylic acids is 1. The molecule has 0 radical (unpaired) electrons. The summed E-state index contributed by atoms with van der Waals surface area (Å²) >= 11 is 3.44. The van der Waals surface area contributed by atoms with E-state index in [1.165, 1.54) is 12.1 Å². The van der Waals surface area contributed by atoms with E-state index in [1.54, 1.807) is 30.1 Å². The summed E-state index contributed by atoms with van der Waals surface area (Å²) in [7, 11) is 1.81. The van der Waals surface area contributed by atoms with Gasteiger partial charge in [0.25, 0.3) is 0 Å². The Hall–Kier alpha value is -2.81. The Balaban J connectivity index is 1.85. The summed E-state index contributed by atoms with van der Waals surface area (Å²) in [6, 6.07) is 11.5. The van der Waals surface area contributed by atoms with Gasteiger partial charge in [0.05, 0.1) is 33.3 Å². The van der Waals surface area contributed by atoms with E-state index < -0.39 is 11.7 Å². The third kappa shape index (κ3) is 4.13. The topological polar surface area (TPSA) is 50.2 Å². The van der Waals surface area contributed by atoms with Crippen LogP contribution in [0.25, 0.3) is 11.3 Å². The van der Waals surface area contributed by atoms with Gasteiger partial charge in [0.15, 0.2) is 0 Å². The highest BCUT2D eigenvalue weighted by atomic mass is 79.9. The molecule has 1 heterocycles. The molecule has 5 nitrogen and oxygen atoms in total. The summed E-state index contributed by atoms with van der Waals surface area (Å²) in [5.41, 5.74) is 4.68. The average Bonchev–Trinajstić information content (AvgIpc) is 2.98. The van der Waals surface area contributed by atoms with Gasteiger partial charge in [-0.2, -0.15) is 18.3 Å². The van der Waals surface area contributed by atoms with Gasteiger partial charge in [0.2, 0.25) is 6.41 Å². The van der Waals surface area contributed by atoms with Gasteiger partial charge in [-0.25, -0.2) is 5.01 Å². The summed E-state index contributed by atoms with van der Waals surface area (Å²) in [5.74, 6) is 0. The minimum absolute atomic E-state index is 0.283. The first-order chi connectivity index (χ1) is 12.8. The fourth-order valence-electron chi connectivity index (χ4n) is 2.57. The van der Waals surface area contributed by atoms with Gasteiger partial charge in [-0.05, 0) is 52.3 Å². The molecule has 3 rings (SSSR count). The van der Waals surface area contributed by atoms with Crippen molar-refractivity contribution in [3.05, 3.63) is 64.8 Å². The van der Waals surface area contributed by atoms with Crippen LogP contribution in [0.5, 0.6) is 0 Å². The third-order valence-corrected chi connectivity index (χ3v) is 4.44. The number of alkyl halides is 3. The van der Waals surface area contributed by atoms with Gasteiger partial charge in [-0.15, -0.1) is 0 Å². The lowest BCUT2D eigenvalue weighted by Crippen LogP contribution is -2.28. The molecule has 1 N–H and O–H groups in total. The van der Waals surface area contributed by atoms with Gasteiger partial charge >= 0.3 is 6.18 Å². The standard InChI is InChI=1S/C18H14BrF3N4O/c1-25-17(16(19)10-23-25)12-3-2-4-14(9-12)24-26(11-27)15-7-5-13(6-8-15)18(20,21)22/h2-11,24H,1H3. The normalized spacial score (nSPS) is 11.3. The van der Waals surface area contributed by atoms with E-state index in [2.05, 4.69) is 26.5 Å². The van der Waals surface area contributed by atoms with Crippen molar-refractivity contribution in [1.82, 2.24) is 9.78 Å². The van der Waals surface area contributed by atoms with Crippen molar-refractivity contribution in [3.8, 4) is 11.3 Å². The Morgan fingerprint density at radius 1 is 1.19 bits per heavy atom. The van der Waals surface area contributed by atoms with Crippen LogP contribution in [0.15, 0.2) is 59.2 Å². The monoisotopic (exact) mass is 438 g/mol. The molecule has 0 bridgehead atoms. The number of anilines is 2. The van der Waals surface area contributed by atoms with Gasteiger partial charge < -0.3 is 0 Å². The van der Waals surface area contributed by atoms with Crippen molar-refractivity contribution >= 4 is 33.7 Å². The van der Waals surface area contributed by atoms with Crippen LogP contribution < -0.4 is 10.4 Å². The number of carbonyl (C=O) groups is 1. The second-order valence-corrected chi connectivity index (χ2v) is 6.53. The first kappa shape index (κ1) is 19.0. The molecule has 0 spiro atoms. The minimum Gasteiger partial charge on any atom is -0.292 e. The summed E-state index contributed by atoms with van der Waals surface area (Å²) in [6.07, 6.45) is -2.26. The van der Waals surface area contributed by atoms with Crippen LogP contribution >= 0.6 is 15.9 Å². The zero-order valence-electron chi connectivity index (χ0n) is 14.0. The molecule has 0 aliphatic rings. The maximum Gasteiger partial charge on any atom is 0.416 e. The number of nitrogens with one attached hydrogen (secondary N) is 1. The zero-order chi connectivity index (χ0) is 19.6. The summed E-state index contributed by atoms with van der Waals surface area (Å²) < 4.78 is 40.6. The number of hydrazine groups is 1. The highest BCUT2D eigenvalue weighted by Gasteiger charge is 2.30. The number of halogens is 4. The van der Waals surface area contributed by atoms with Crippen LogP contribution in [0.1, 0.15) is 5.56 Å². The van der Waals surface area contributed by atoms with Crippen LogP contribution in [0.2, 0.25) is 0 Å². The second-order valence-electron chi connectivity index (χ2n) is 5.68. The van der Waals surface area contributed by atoms with Gasteiger partial charge in [0, 0.05) is 12.6 Å². The van der Waals surface area contributed by atoms with Crippen molar-refractivity contribution in [2.45, 2.75) is 6.18 Å². The largest absolute Gasteiger partial charge is 0.416 e. The van der Waals surface area contributed by atoms with Crippen LogP contribution in [0, 0.1) is 0 Å². The fraction of sp³-hybridized carbons (Fsp3) is 0.111. The van der Waals surface area contributed by atoms with Gasteiger partial charge in [0.1, 0.15) is 0 Å². The molecule has 0 atom stereocenters. The fourth-order valence-corrected chi connectivity index (χ4v) is 3.15. The number of hydrogen-bond donors (Lipinski definition) is 1. The lowest BCUT2D eigenvalue weighted by Gasteiger charge is -2.20. The molecule has 2 aromatic carbocycles. The molecule has 1 aromatic heterocycles. The van der Waals surface area contributed by atoms with Crippen molar-refractivity contribution in [2.75, 3.05) is 10.4 Å². The molecule has 9 heteroatoms. The van der Waals surface area contributed by atoms with Crippen LogP contribution in [0.4, 0.5) is 24.5 Å². The lowest BCUT2D eigenvalue weighted by atomic mass is 10.1. The van der Waals surface area contributed by atoms with Crippen molar-refractivity contribution in [1.29, 1.82) is 0 Å².